The van der Waals surface area contributed by atoms with Gasteiger partial charge < -0.3 is 10.8 Å². The van der Waals surface area contributed by atoms with Crippen molar-refractivity contribution in [2.75, 3.05) is 0 Å². The highest BCUT2D eigenvalue weighted by Gasteiger charge is 2.36. The lowest BCUT2D eigenvalue weighted by atomic mass is 9.83. The van der Waals surface area contributed by atoms with Gasteiger partial charge >= 0.3 is 5.97 Å². The molecule has 0 heterocycles. The van der Waals surface area contributed by atoms with Crippen LogP contribution in [-0.4, -0.2) is 22.9 Å². The van der Waals surface area contributed by atoms with Gasteiger partial charge in [0, 0.05) is 0 Å². The third-order valence-electron chi connectivity index (χ3n) is 1.77. The fourth-order valence-corrected chi connectivity index (χ4v) is 0.641. The zero-order valence-corrected chi connectivity index (χ0v) is 6.92. The number of carboxylic acids is 1. The highest BCUT2D eigenvalue weighted by molar-refractivity contribution is 5.89. The van der Waals surface area contributed by atoms with Crippen LogP contribution < -0.4 is 5.73 Å². The largest absolute Gasteiger partial charge is 0.481 e. The van der Waals surface area contributed by atoms with Crippen LogP contribution in [0.5, 0.6) is 0 Å². The van der Waals surface area contributed by atoms with E-state index in [1.807, 2.05) is 0 Å². The minimum atomic E-state index is -1.17. The third kappa shape index (κ3) is 2.01. The second-order valence-electron chi connectivity index (χ2n) is 3.12. The topological polar surface area (TPSA) is 80.4 Å². The van der Waals surface area contributed by atoms with E-state index in [0.717, 1.165) is 0 Å². The van der Waals surface area contributed by atoms with Gasteiger partial charge in [-0.05, 0) is 20.8 Å². The molecule has 4 heteroatoms. The van der Waals surface area contributed by atoms with Crippen molar-refractivity contribution in [1.82, 2.24) is 0 Å². The second-order valence-corrected chi connectivity index (χ2v) is 3.12. The Kier molecular flexibility index (Phi) is 2.76. The van der Waals surface area contributed by atoms with Crippen molar-refractivity contribution >= 4 is 11.8 Å². The minimum Gasteiger partial charge on any atom is -0.481 e. The molecule has 0 aromatic carbocycles. The van der Waals surface area contributed by atoms with Crippen molar-refractivity contribution in [2.24, 2.45) is 11.1 Å². The Morgan fingerprint density at radius 1 is 1.45 bits per heavy atom. The summed E-state index contributed by atoms with van der Waals surface area (Å²) in [6, 6.07) is -0.931. The average molecular weight is 159 g/mol. The first-order valence-electron chi connectivity index (χ1n) is 3.29. The van der Waals surface area contributed by atoms with Gasteiger partial charge in [0.05, 0.1) is 11.5 Å². The van der Waals surface area contributed by atoms with E-state index in [0.29, 0.717) is 0 Å². The van der Waals surface area contributed by atoms with Crippen LogP contribution in [-0.2, 0) is 9.59 Å². The van der Waals surface area contributed by atoms with Crippen LogP contribution in [0.3, 0.4) is 0 Å². The molecular weight excluding hydrogens is 146 g/mol. The normalized spacial score (nSPS) is 14.2. The number of nitrogens with two attached hydrogens (primary N) is 1. The van der Waals surface area contributed by atoms with Crippen LogP contribution >= 0.6 is 0 Å². The monoisotopic (exact) mass is 159 g/mol. The first-order chi connectivity index (χ1) is 4.80. The van der Waals surface area contributed by atoms with Crippen molar-refractivity contribution < 1.29 is 14.7 Å². The standard InChI is InChI=1S/C7H13NO3/c1-4(9)5(8)7(2,3)6(10)11/h5H,8H2,1-3H3,(H,10,11)/t5-/m1/s1. The predicted octanol–water partition coefficient (Wildman–Crippen LogP) is 0.0135. The second kappa shape index (κ2) is 3.00. The number of hydrogen-bond acceptors (Lipinski definition) is 3. The quantitative estimate of drug-likeness (QED) is 0.608. The molecule has 11 heavy (non-hydrogen) atoms. The number of rotatable bonds is 3. The number of carboxylic acid groups (broad SMARTS) is 1. The number of carbonyl (C=O) groups excluding carboxylic acids is 1. The van der Waals surface area contributed by atoms with Crippen LogP contribution in [0.4, 0.5) is 0 Å². The van der Waals surface area contributed by atoms with E-state index in [4.69, 9.17) is 10.8 Å². The van der Waals surface area contributed by atoms with Crippen molar-refractivity contribution in [1.29, 1.82) is 0 Å². The molecule has 0 unspecified atom stereocenters. The van der Waals surface area contributed by atoms with Crippen molar-refractivity contribution in [2.45, 2.75) is 26.8 Å². The molecule has 0 aliphatic heterocycles. The van der Waals surface area contributed by atoms with E-state index in [1.54, 1.807) is 0 Å². The maximum atomic E-state index is 10.7. The van der Waals surface area contributed by atoms with Gasteiger partial charge in [0.15, 0.2) is 0 Å². The van der Waals surface area contributed by atoms with E-state index in [-0.39, 0.29) is 5.78 Å². The number of aliphatic carboxylic acids is 1. The molecule has 0 saturated heterocycles. The molecule has 0 radical (unpaired) electrons. The van der Waals surface area contributed by atoms with E-state index in [9.17, 15) is 9.59 Å². The lowest BCUT2D eigenvalue weighted by molar-refractivity contribution is -0.150. The van der Waals surface area contributed by atoms with E-state index >= 15 is 0 Å². The molecule has 3 N–H and O–H groups in total. The van der Waals surface area contributed by atoms with E-state index in [2.05, 4.69) is 0 Å². The van der Waals surface area contributed by atoms with Crippen LogP contribution in [0.25, 0.3) is 0 Å². The molecule has 0 aliphatic carbocycles. The van der Waals surface area contributed by atoms with E-state index < -0.39 is 17.4 Å². The Morgan fingerprint density at radius 3 is 1.91 bits per heavy atom. The zero-order chi connectivity index (χ0) is 9.23. The summed E-state index contributed by atoms with van der Waals surface area (Å²) in [6.07, 6.45) is 0. The Balaban J connectivity index is 4.55. The Morgan fingerprint density at radius 2 is 1.82 bits per heavy atom. The molecule has 0 aromatic rings. The Labute approximate surface area is 65.4 Å². The van der Waals surface area contributed by atoms with Gasteiger partial charge in [0.25, 0.3) is 0 Å². The Bertz CT molecular complexity index is 186. The molecule has 0 spiro atoms. The van der Waals surface area contributed by atoms with Gasteiger partial charge in [-0.2, -0.15) is 0 Å². The zero-order valence-electron chi connectivity index (χ0n) is 6.92. The van der Waals surface area contributed by atoms with Crippen molar-refractivity contribution in [3.63, 3.8) is 0 Å². The summed E-state index contributed by atoms with van der Waals surface area (Å²) in [4.78, 5) is 21.2. The van der Waals surface area contributed by atoms with Gasteiger partial charge in [-0.15, -0.1) is 0 Å². The van der Waals surface area contributed by atoms with Gasteiger partial charge in [0.2, 0.25) is 0 Å². The van der Waals surface area contributed by atoms with Crippen LogP contribution in [0.15, 0.2) is 0 Å². The highest BCUT2D eigenvalue weighted by Crippen LogP contribution is 2.19. The maximum Gasteiger partial charge on any atom is 0.311 e. The fourth-order valence-electron chi connectivity index (χ4n) is 0.641. The van der Waals surface area contributed by atoms with Crippen molar-refractivity contribution in [3.8, 4) is 0 Å². The molecule has 0 aromatic heterocycles. The van der Waals surface area contributed by atoms with Crippen LogP contribution in [0.1, 0.15) is 20.8 Å². The van der Waals surface area contributed by atoms with E-state index in [1.165, 1.54) is 20.8 Å². The number of Topliss-reactive ketones (excluding diaryl/α,β-unsaturated/α-hetero) is 1. The first kappa shape index (κ1) is 10.1. The minimum absolute atomic E-state index is 0.308. The van der Waals surface area contributed by atoms with Gasteiger partial charge in [0.1, 0.15) is 5.78 Å². The van der Waals surface area contributed by atoms with Crippen LogP contribution in [0, 0.1) is 5.41 Å². The first-order valence-corrected chi connectivity index (χ1v) is 3.29. The molecule has 0 aliphatic rings. The molecule has 0 amide bonds. The maximum absolute atomic E-state index is 10.7. The average Bonchev–Trinajstić information content (AvgIpc) is 1.85. The summed E-state index contributed by atoms with van der Waals surface area (Å²) in [6.45, 7) is 4.15. The smallest absolute Gasteiger partial charge is 0.311 e. The van der Waals surface area contributed by atoms with Gasteiger partial charge in [-0.1, -0.05) is 0 Å². The molecule has 64 valence electrons. The summed E-state index contributed by atoms with van der Waals surface area (Å²) in [5, 5.41) is 8.63. The molecule has 0 bridgehead atoms. The third-order valence-corrected chi connectivity index (χ3v) is 1.77. The van der Waals surface area contributed by atoms with Crippen LogP contribution in [0.2, 0.25) is 0 Å². The fraction of sp³-hybridized carbons (Fsp3) is 0.714. The molecular formula is C7H13NO3. The van der Waals surface area contributed by atoms with Gasteiger partial charge in [-0.25, -0.2) is 0 Å². The number of hydrogen-bond donors (Lipinski definition) is 2. The highest BCUT2D eigenvalue weighted by atomic mass is 16.4. The predicted molar refractivity (Wildman–Crippen MR) is 40.1 cm³/mol. The molecule has 1 atom stereocenters. The molecule has 4 nitrogen and oxygen atoms in total. The van der Waals surface area contributed by atoms with Gasteiger partial charge in [-0.3, -0.25) is 9.59 Å². The summed E-state index contributed by atoms with van der Waals surface area (Å²) in [5.41, 5.74) is 4.19. The molecule has 0 fully saturated rings. The SMILES string of the molecule is CC(=O)[C@@H](N)C(C)(C)C(=O)O. The molecule has 0 saturated carbocycles. The lowest BCUT2D eigenvalue weighted by Gasteiger charge is -2.24. The Hall–Kier alpha value is -0.900. The van der Waals surface area contributed by atoms with Crippen molar-refractivity contribution in [3.05, 3.63) is 0 Å². The number of carbonyl (C=O) groups is 2. The summed E-state index contributed by atoms with van der Waals surface area (Å²) >= 11 is 0. The summed E-state index contributed by atoms with van der Waals surface area (Å²) < 4.78 is 0. The lowest BCUT2D eigenvalue weighted by Crippen LogP contribution is -2.47. The summed E-state index contributed by atoms with van der Waals surface area (Å²) in [5.74, 6) is -1.36. The molecule has 0 rings (SSSR count). The summed E-state index contributed by atoms with van der Waals surface area (Å²) in [7, 11) is 0. The number of ketones is 1.